The number of rotatable bonds is 4. The van der Waals surface area contributed by atoms with Crippen LogP contribution in [-0.4, -0.2) is 21.6 Å². The molecule has 0 amide bonds. The fourth-order valence-corrected chi connectivity index (χ4v) is 5.69. The maximum absolute atomic E-state index is 12.4. The topological polar surface area (TPSA) is 77.8 Å². The van der Waals surface area contributed by atoms with E-state index < -0.39 is 5.92 Å². The average molecular weight is 601 g/mol. The maximum Gasteiger partial charge on any atom is 0.153 e. The molecule has 0 saturated heterocycles. The standard InChI is InChI=1S/C40H56O4/c1-36(2,3)24-16-23(22-41)33(42)27(17-24)32(28-18-25(37(4,5)6)20-30(34(28)43)39(10,11)12)29-19-26(38(7,8)9)21-31(35(29)44)40(13,14)15/h16-22,32,42-44H,1-15H3. The van der Waals surface area contributed by atoms with E-state index in [4.69, 9.17) is 0 Å². The van der Waals surface area contributed by atoms with Gasteiger partial charge in [-0.1, -0.05) is 134 Å². The van der Waals surface area contributed by atoms with Crippen molar-refractivity contribution in [3.05, 3.63) is 86.5 Å². The fourth-order valence-electron chi connectivity index (χ4n) is 5.69. The minimum atomic E-state index is -0.775. The second-order valence-electron chi connectivity index (χ2n) is 17.7. The molecule has 4 nitrogen and oxygen atoms in total. The zero-order valence-corrected chi connectivity index (χ0v) is 29.9. The van der Waals surface area contributed by atoms with E-state index in [2.05, 4.69) is 116 Å². The summed E-state index contributed by atoms with van der Waals surface area (Å²) in [4.78, 5) is 12.4. The molecule has 0 aliphatic rings. The van der Waals surface area contributed by atoms with E-state index in [9.17, 15) is 20.1 Å². The van der Waals surface area contributed by atoms with Crippen molar-refractivity contribution in [2.24, 2.45) is 0 Å². The first-order valence-corrected chi connectivity index (χ1v) is 15.8. The normalized spacial score (nSPS) is 13.5. The summed E-state index contributed by atoms with van der Waals surface area (Å²) in [6.07, 6.45) is 0.684. The quantitative estimate of drug-likeness (QED) is 0.206. The Morgan fingerprint density at radius 1 is 0.455 bits per heavy atom. The Kier molecular flexibility index (Phi) is 9.02. The summed E-state index contributed by atoms with van der Waals surface area (Å²) in [6, 6.07) is 11.8. The molecular formula is C40H56O4. The van der Waals surface area contributed by atoms with Crippen LogP contribution in [0.25, 0.3) is 0 Å². The highest BCUT2D eigenvalue weighted by atomic mass is 16.3. The van der Waals surface area contributed by atoms with Gasteiger partial charge >= 0.3 is 0 Å². The van der Waals surface area contributed by atoms with Gasteiger partial charge in [0.1, 0.15) is 17.2 Å². The molecule has 44 heavy (non-hydrogen) atoms. The second-order valence-corrected chi connectivity index (χ2v) is 17.7. The van der Waals surface area contributed by atoms with Gasteiger partial charge in [0.15, 0.2) is 6.29 Å². The van der Waals surface area contributed by atoms with E-state index in [-0.39, 0.29) is 49.9 Å². The van der Waals surface area contributed by atoms with Crippen LogP contribution in [-0.2, 0) is 27.1 Å². The summed E-state index contributed by atoms with van der Waals surface area (Å²) in [5.41, 5.74) is 4.74. The van der Waals surface area contributed by atoms with Gasteiger partial charge in [-0.2, -0.15) is 0 Å². The van der Waals surface area contributed by atoms with Gasteiger partial charge < -0.3 is 15.3 Å². The molecule has 4 heteroatoms. The lowest BCUT2D eigenvalue weighted by atomic mass is 9.71. The van der Waals surface area contributed by atoms with Crippen molar-refractivity contribution in [3.8, 4) is 17.2 Å². The van der Waals surface area contributed by atoms with Gasteiger partial charge in [0.2, 0.25) is 0 Å². The first kappa shape index (κ1) is 35.2. The van der Waals surface area contributed by atoms with Gasteiger partial charge in [0, 0.05) is 22.6 Å². The highest BCUT2D eigenvalue weighted by Crippen LogP contribution is 2.51. The molecule has 0 radical (unpaired) electrons. The molecule has 0 aromatic heterocycles. The summed E-state index contributed by atoms with van der Waals surface area (Å²) < 4.78 is 0. The Bertz CT molecular complexity index is 1470. The van der Waals surface area contributed by atoms with Crippen molar-refractivity contribution >= 4 is 6.29 Å². The lowest BCUT2D eigenvalue weighted by molar-refractivity contribution is 0.112. The second kappa shape index (κ2) is 11.3. The van der Waals surface area contributed by atoms with E-state index in [1.807, 2.05) is 18.2 Å². The zero-order valence-electron chi connectivity index (χ0n) is 29.9. The van der Waals surface area contributed by atoms with Gasteiger partial charge in [-0.3, -0.25) is 4.79 Å². The maximum atomic E-state index is 12.4. The lowest BCUT2D eigenvalue weighted by Gasteiger charge is -2.33. The summed E-state index contributed by atoms with van der Waals surface area (Å²) >= 11 is 0. The molecule has 0 heterocycles. The molecule has 3 N–H and O–H groups in total. The molecular weight excluding hydrogens is 544 g/mol. The average Bonchev–Trinajstić information content (AvgIpc) is 2.83. The molecule has 3 aromatic rings. The number of phenolic OH excluding ortho intramolecular Hbond substituents is 3. The molecule has 3 aromatic carbocycles. The van der Waals surface area contributed by atoms with Crippen LogP contribution in [0.2, 0.25) is 0 Å². The van der Waals surface area contributed by atoms with Gasteiger partial charge in [0.25, 0.3) is 0 Å². The van der Waals surface area contributed by atoms with Crippen molar-refractivity contribution in [1.82, 2.24) is 0 Å². The van der Waals surface area contributed by atoms with Crippen LogP contribution in [0.1, 0.15) is 165 Å². The van der Waals surface area contributed by atoms with Crippen molar-refractivity contribution in [3.63, 3.8) is 0 Å². The van der Waals surface area contributed by atoms with Crippen molar-refractivity contribution in [1.29, 1.82) is 0 Å². The van der Waals surface area contributed by atoms with Crippen molar-refractivity contribution < 1.29 is 20.1 Å². The van der Waals surface area contributed by atoms with Gasteiger partial charge in [-0.15, -0.1) is 0 Å². The van der Waals surface area contributed by atoms with Crippen LogP contribution in [0, 0.1) is 0 Å². The molecule has 0 fully saturated rings. The number of carbonyl (C=O) groups is 1. The van der Waals surface area contributed by atoms with E-state index in [0.29, 0.717) is 23.0 Å². The molecule has 0 spiro atoms. The largest absolute Gasteiger partial charge is 0.507 e. The smallest absolute Gasteiger partial charge is 0.153 e. The fraction of sp³-hybridized carbons (Fsp3) is 0.525. The van der Waals surface area contributed by atoms with Gasteiger partial charge in [-0.05, 0) is 61.0 Å². The van der Waals surface area contributed by atoms with Gasteiger partial charge in [0.05, 0.1) is 5.56 Å². The minimum Gasteiger partial charge on any atom is -0.507 e. The first-order valence-electron chi connectivity index (χ1n) is 15.8. The van der Waals surface area contributed by atoms with Crippen LogP contribution in [0.5, 0.6) is 17.2 Å². The number of aromatic hydroxyl groups is 3. The Morgan fingerprint density at radius 3 is 1.02 bits per heavy atom. The Balaban J connectivity index is 2.73. The van der Waals surface area contributed by atoms with Crippen LogP contribution < -0.4 is 0 Å². The molecule has 0 unspecified atom stereocenters. The molecule has 3 rings (SSSR count). The van der Waals surface area contributed by atoms with E-state index in [1.54, 1.807) is 6.07 Å². The monoisotopic (exact) mass is 600 g/mol. The highest BCUT2D eigenvalue weighted by molar-refractivity contribution is 5.81. The van der Waals surface area contributed by atoms with E-state index in [0.717, 1.165) is 27.8 Å². The summed E-state index contributed by atoms with van der Waals surface area (Å²) in [6.45, 7) is 31.5. The molecule has 0 atom stereocenters. The summed E-state index contributed by atoms with van der Waals surface area (Å²) in [7, 11) is 0. The zero-order chi connectivity index (χ0) is 34.0. The van der Waals surface area contributed by atoms with E-state index >= 15 is 0 Å². The van der Waals surface area contributed by atoms with Crippen molar-refractivity contribution in [2.45, 2.75) is 137 Å². The van der Waals surface area contributed by atoms with Gasteiger partial charge in [-0.25, -0.2) is 0 Å². The number of hydrogen-bond acceptors (Lipinski definition) is 4. The van der Waals surface area contributed by atoms with Crippen molar-refractivity contribution in [2.75, 3.05) is 0 Å². The number of hydrogen-bond donors (Lipinski definition) is 3. The van der Waals surface area contributed by atoms with Crippen LogP contribution in [0.15, 0.2) is 36.4 Å². The molecule has 0 bridgehead atoms. The molecule has 240 valence electrons. The third-order valence-electron chi connectivity index (χ3n) is 8.72. The van der Waals surface area contributed by atoms with Crippen LogP contribution in [0.3, 0.4) is 0 Å². The van der Waals surface area contributed by atoms with E-state index in [1.165, 1.54) is 0 Å². The Labute approximate surface area is 266 Å². The van der Waals surface area contributed by atoms with Crippen LogP contribution >= 0.6 is 0 Å². The number of phenols is 3. The molecule has 0 aliphatic heterocycles. The van der Waals surface area contributed by atoms with Crippen LogP contribution in [0.4, 0.5) is 0 Å². The number of aldehydes is 1. The SMILES string of the molecule is CC(C)(C)c1cc(C=O)c(O)c(C(c2cc(C(C)(C)C)cc(C(C)(C)C)c2O)c2cc(C(C)(C)C)cc(C(C)(C)C)c2O)c1. The molecule has 0 aliphatic carbocycles. The number of benzene rings is 3. The Hall–Kier alpha value is -3.27. The third-order valence-corrected chi connectivity index (χ3v) is 8.72. The first-order chi connectivity index (χ1) is 19.7. The third kappa shape index (κ3) is 7.00. The lowest BCUT2D eigenvalue weighted by Crippen LogP contribution is -2.21. The number of carbonyl (C=O) groups excluding carboxylic acids is 1. The minimum absolute atomic E-state index is 0.126. The summed E-state index contributed by atoms with van der Waals surface area (Å²) in [5.74, 6) is -0.667. The molecule has 0 saturated carbocycles. The summed E-state index contributed by atoms with van der Waals surface area (Å²) in [5, 5.41) is 36.1. The Morgan fingerprint density at radius 2 is 0.750 bits per heavy atom. The predicted molar refractivity (Wildman–Crippen MR) is 184 cm³/mol. The highest BCUT2D eigenvalue weighted by Gasteiger charge is 2.35. The predicted octanol–water partition coefficient (Wildman–Crippen LogP) is 10.3.